The summed E-state index contributed by atoms with van der Waals surface area (Å²) >= 11 is 0. The fraction of sp³-hybridized carbons (Fsp3) is 0.333. The lowest BCUT2D eigenvalue weighted by atomic mass is 9.91. The molecule has 0 amide bonds. The quantitative estimate of drug-likeness (QED) is 0.777. The van der Waals surface area contributed by atoms with Crippen LogP contribution in [0.4, 0.5) is 0 Å². The molecule has 2 aromatic rings. The maximum Gasteiger partial charge on any atom is 0.119 e. The number of benzene rings is 2. The van der Waals surface area contributed by atoms with E-state index in [1.54, 1.807) is 6.07 Å². The lowest BCUT2D eigenvalue weighted by molar-refractivity contribution is 0.469. The van der Waals surface area contributed by atoms with E-state index in [-0.39, 0.29) is 5.75 Å². The van der Waals surface area contributed by atoms with Crippen molar-refractivity contribution in [1.29, 1.82) is 0 Å². The second-order valence-corrected chi connectivity index (χ2v) is 4.95. The SMILES string of the molecule is Cc1cc2c(C(C)C)cc(O)c(C)c2cc1O. The molecule has 2 nitrogen and oxygen atoms in total. The Hall–Kier alpha value is -1.70. The van der Waals surface area contributed by atoms with Gasteiger partial charge in [-0.15, -0.1) is 0 Å². The Morgan fingerprint density at radius 3 is 2.12 bits per heavy atom. The van der Waals surface area contributed by atoms with Crippen LogP contribution in [0.25, 0.3) is 10.8 Å². The molecule has 0 unspecified atom stereocenters. The number of hydrogen-bond donors (Lipinski definition) is 2. The first kappa shape index (κ1) is 11.8. The average Bonchev–Trinajstić information content (AvgIpc) is 2.26. The highest BCUT2D eigenvalue weighted by atomic mass is 16.3. The summed E-state index contributed by atoms with van der Waals surface area (Å²) in [7, 11) is 0. The third-order valence-corrected chi connectivity index (χ3v) is 3.35. The van der Waals surface area contributed by atoms with E-state index < -0.39 is 0 Å². The Balaban J connectivity index is 2.94. The summed E-state index contributed by atoms with van der Waals surface area (Å²) in [5.74, 6) is 0.915. The molecular formula is C15H18O2. The van der Waals surface area contributed by atoms with E-state index in [2.05, 4.69) is 13.8 Å². The van der Waals surface area contributed by atoms with E-state index in [4.69, 9.17) is 0 Å². The van der Waals surface area contributed by atoms with Crippen LogP contribution in [0.3, 0.4) is 0 Å². The summed E-state index contributed by atoms with van der Waals surface area (Å²) in [4.78, 5) is 0. The van der Waals surface area contributed by atoms with Crippen LogP contribution >= 0.6 is 0 Å². The maximum absolute atomic E-state index is 9.93. The van der Waals surface area contributed by atoms with Gasteiger partial charge < -0.3 is 10.2 Å². The standard InChI is InChI=1S/C15H18O2/c1-8(2)11-6-15(17)10(4)12-7-14(16)9(3)5-13(11)12/h5-8,16-17H,1-4H3. The normalized spacial score (nSPS) is 11.4. The molecule has 0 aromatic heterocycles. The van der Waals surface area contributed by atoms with Gasteiger partial charge in [-0.1, -0.05) is 13.8 Å². The molecule has 0 saturated carbocycles. The van der Waals surface area contributed by atoms with Crippen molar-refractivity contribution in [2.24, 2.45) is 0 Å². The van der Waals surface area contributed by atoms with E-state index in [0.717, 1.165) is 27.5 Å². The van der Waals surface area contributed by atoms with E-state index >= 15 is 0 Å². The Bertz CT molecular complexity index is 583. The number of rotatable bonds is 1. The lowest BCUT2D eigenvalue weighted by Crippen LogP contribution is -1.93. The molecular weight excluding hydrogens is 212 g/mol. The highest BCUT2D eigenvalue weighted by Gasteiger charge is 2.12. The summed E-state index contributed by atoms with van der Waals surface area (Å²) in [6, 6.07) is 5.57. The van der Waals surface area contributed by atoms with Crippen LogP contribution in [0.1, 0.15) is 36.5 Å². The van der Waals surface area contributed by atoms with Crippen molar-refractivity contribution in [3.05, 3.63) is 34.9 Å². The third kappa shape index (κ3) is 1.84. The van der Waals surface area contributed by atoms with Gasteiger partial charge in [0.15, 0.2) is 0 Å². The van der Waals surface area contributed by atoms with Crippen LogP contribution < -0.4 is 0 Å². The Morgan fingerprint density at radius 1 is 0.882 bits per heavy atom. The topological polar surface area (TPSA) is 40.5 Å². The first-order valence-corrected chi connectivity index (χ1v) is 5.87. The molecule has 0 bridgehead atoms. The van der Waals surface area contributed by atoms with Gasteiger partial charge in [-0.2, -0.15) is 0 Å². The monoisotopic (exact) mass is 230 g/mol. The molecule has 2 rings (SSSR count). The van der Waals surface area contributed by atoms with Crippen LogP contribution in [0.15, 0.2) is 18.2 Å². The molecule has 0 atom stereocenters. The molecule has 17 heavy (non-hydrogen) atoms. The van der Waals surface area contributed by atoms with Gasteiger partial charge in [0, 0.05) is 0 Å². The molecule has 90 valence electrons. The van der Waals surface area contributed by atoms with Gasteiger partial charge in [-0.25, -0.2) is 0 Å². The highest BCUT2D eigenvalue weighted by molar-refractivity contribution is 5.92. The molecule has 0 saturated heterocycles. The number of phenols is 2. The fourth-order valence-corrected chi connectivity index (χ4v) is 2.19. The van der Waals surface area contributed by atoms with Crippen molar-refractivity contribution in [2.75, 3.05) is 0 Å². The number of fused-ring (bicyclic) bond motifs is 1. The molecule has 0 aliphatic carbocycles. The molecule has 0 aliphatic heterocycles. The third-order valence-electron chi connectivity index (χ3n) is 3.35. The van der Waals surface area contributed by atoms with Crippen molar-refractivity contribution in [3.8, 4) is 11.5 Å². The number of aryl methyl sites for hydroxylation is 2. The number of hydrogen-bond acceptors (Lipinski definition) is 2. The second kappa shape index (κ2) is 3.95. The van der Waals surface area contributed by atoms with Crippen molar-refractivity contribution >= 4 is 10.8 Å². The summed E-state index contributed by atoms with van der Waals surface area (Å²) in [6.45, 7) is 7.97. The van der Waals surface area contributed by atoms with E-state index in [1.165, 1.54) is 0 Å². The van der Waals surface area contributed by atoms with Crippen molar-refractivity contribution in [1.82, 2.24) is 0 Å². The Kier molecular flexibility index (Phi) is 2.74. The highest BCUT2D eigenvalue weighted by Crippen LogP contribution is 2.36. The molecule has 0 fully saturated rings. The molecule has 0 heterocycles. The Labute approximate surface area is 102 Å². The predicted octanol–water partition coefficient (Wildman–Crippen LogP) is 3.99. The van der Waals surface area contributed by atoms with Crippen LogP contribution in [-0.4, -0.2) is 10.2 Å². The minimum absolute atomic E-state index is 0.279. The smallest absolute Gasteiger partial charge is 0.119 e. The summed E-state index contributed by atoms with van der Waals surface area (Å²) < 4.78 is 0. The van der Waals surface area contributed by atoms with Crippen LogP contribution in [0.5, 0.6) is 11.5 Å². The van der Waals surface area contributed by atoms with Crippen LogP contribution in [-0.2, 0) is 0 Å². The van der Waals surface area contributed by atoms with Gasteiger partial charge in [-0.05, 0) is 65.4 Å². The number of phenolic OH excluding ortho intramolecular Hbond substituents is 2. The number of aromatic hydroxyl groups is 2. The Morgan fingerprint density at radius 2 is 1.53 bits per heavy atom. The summed E-state index contributed by atoms with van der Waals surface area (Å²) in [5, 5.41) is 21.7. The fourth-order valence-electron chi connectivity index (χ4n) is 2.19. The summed E-state index contributed by atoms with van der Waals surface area (Å²) in [6.07, 6.45) is 0. The van der Waals surface area contributed by atoms with Crippen molar-refractivity contribution in [3.63, 3.8) is 0 Å². The minimum Gasteiger partial charge on any atom is -0.508 e. The zero-order valence-electron chi connectivity index (χ0n) is 10.7. The van der Waals surface area contributed by atoms with E-state index in [9.17, 15) is 10.2 Å². The molecule has 0 radical (unpaired) electrons. The molecule has 0 aliphatic rings. The van der Waals surface area contributed by atoms with Gasteiger partial charge in [0.25, 0.3) is 0 Å². The van der Waals surface area contributed by atoms with Crippen molar-refractivity contribution in [2.45, 2.75) is 33.6 Å². The van der Waals surface area contributed by atoms with E-state index in [0.29, 0.717) is 11.7 Å². The maximum atomic E-state index is 9.93. The average molecular weight is 230 g/mol. The lowest BCUT2D eigenvalue weighted by Gasteiger charge is -2.15. The van der Waals surface area contributed by atoms with Gasteiger partial charge >= 0.3 is 0 Å². The summed E-state index contributed by atoms with van der Waals surface area (Å²) in [5.41, 5.74) is 2.80. The molecule has 0 spiro atoms. The van der Waals surface area contributed by atoms with Crippen LogP contribution in [0.2, 0.25) is 0 Å². The zero-order valence-corrected chi connectivity index (χ0v) is 10.7. The first-order valence-electron chi connectivity index (χ1n) is 5.87. The van der Waals surface area contributed by atoms with Gasteiger partial charge in [0.05, 0.1) is 0 Å². The van der Waals surface area contributed by atoms with Gasteiger partial charge in [0.1, 0.15) is 11.5 Å². The van der Waals surface area contributed by atoms with E-state index in [1.807, 2.05) is 26.0 Å². The zero-order chi connectivity index (χ0) is 12.7. The minimum atomic E-state index is 0.279. The predicted molar refractivity (Wildman–Crippen MR) is 70.8 cm³/mol. The van der Waals surface area contributed by atoms with Gasteiger partial charge in [0.2, 0.25) is 0 Å². The molecule has 2 N–H and O–H groups in total. The first-order chi connectivity index (χ1) is 7.91. The van der Waals surface area contributed by atoms with Crippen LogP contribution in [0, 0.1) is 13.8 Å². The second-order valence-electron chi connectivity index (χ2n) is 4.95. The molecule has 2 aromatic carbocycles. The van der Waals surface area contributed by atoms with Crippen molar-refractivity contribution < 1.29 is 10.2 Å². The largest absolute Gasteiger partial charge is 0.508 e. The van der Waals surface area contributed by atoms with Gasteiger partial charge in [-0.3, -0.25) is 0 Å². The molecule has 2 heteroatoms.